The molecule has 1 saturated heterocycles. The Balaban J connectivity index is 2.79. The maximum Gasteiger partial charge on any atom is 0.155 e. The molecule has 0 aromatic heterocycles. The minimum absolute atomic E-state index is 0.116. The smallest absolute Gasteiger partial charge is 0.155 e. The van der Waals surface area contributed by atoms with Gasteiger partial charge in [0, 0.05) is 0 Å². The van der Waals surface area contributed by atoms with Gasteiger partial charge >= 0.3 is 0 Å². The van der Waals surface area contributed by atoms with Gasteiger partial charge < -0.3 is 14.9 Å². The van der Waals surface area contributed by atoms with Gasteiger partial charge in [0.2, 0.25) is 0 Å². The molecule has 0 amide bonds. The van der Waals surface area contributed by atoms with Crippen LogP contribution in [0.4, 0.5) is 4.39 Å². The first-order valence-electron chi connectivity index (χ1n) is 3.74. The molecule has 0 spiro atoms. The van der Waals surface area contributed by atoms with Crippen LogP contribution in [0.1, 0.15) is 6.92 Å². The first kappa shape index (κ1) is 10.2. The molecular formula is C7H12ClFO3. The van der Waals surface area contributed by atoms with Gasteiger partial charge in [0.25, 0.3) is 0 Å². The summed E-state index contributed by atoms with van der Waals surface area (Å²) in [6.45, 7) is 1.03. The van der Waals surface area contributed by atoms with E-state index in [-0.39, 0.29) is 5.88 Å². The minimum Gasteiger partial charge on any atom is -0.393 e. The van der Waals surface area contributed by atoms with Crippen LogP contribution in [0, 0.1) is 0 Å². The number of ether oxygens (including phenoxy) is 1. The van der Waals surface area contributed by atoms with Crippen molar-refractivity contribution in [2.24, 2.45) is 0 Å². The Morgan fingerprint density at radius 2 is 2.25 bits per heavy atom. The van der Waals surface area contributed by atoms with Crippen molar-refractivity contribution in [2.45, 2.75) is 30.9 Å². The molecule has 3 nitrogen and oxygen atoms in total. The van der Waals surface area contributed by atoms with E-state index in [2.05, 4.69) is 0 Å². The summed E-state index contributed by atoms with van der Waals surface area (Å²) in [7, 11) is 0. The molecule has 0 bridgehead atoms. The topological polar surface area (TPSA) is 49.7 Å². The van der Waals surface area contributed by atoms with Crippen LogP contribution in [-0.4, -0.2) is 46.7 Å². The minimum atomic E-state index is -1.48. The molecule has 0 saturated carbocycles. The molecule has 12 heavy (non-hydrogen) atoms. The van der Waals surface area contributed by atoms with Gasteiger partial charge in [0.1, 0.15) is 11.7 Å². The van der Waals surface area contributed by atoms with E-state index in [4.69, 9.17) is 21.4 Å². The van der Waals surface area contributed by atoms with Crippen molar-refractivity contribution < 1.29 is 19.3 Å². The lowest BCUT2D eigenvalue weighted by atomic mass is 9.98. The highest BCUT2D eigenvalue weighted by Crippen LogP contribution is 2.33. The van der Waals surface area contributed by atoms with Crippen molar-refractivity contribution >= 4 is 11.6 Å². The first-order chi connectivity index (χ1) is 5.57. The van der Waals surface area contributed by atoms with Crippen LogP contribution < -0.4 is 0 Å². The van der Waals surface area contributed by atoms with Crippen LogP contribution in [0.15, 0.2) is 0 Å². The molecule has 0 aliphatic carbocycles. The van der Waals surface area contributed by atoms with Crippen LogP contribution in [0.5, 0.6) is 0 Å². The maximum atomic E-state index is 13.0. The van der Waals surface area contributed by atoms with Crippen LogP contribution in [0.3, 0.4) is 0 Å². The van der Waals surface area contributed by atoms with Gasteiger partial charge in [-0.15, -0.1) is 11.6 Å². The standard InChI is InChI=1S/C7H12ClFO3/c1-4-5(9)6(11)7(2-8,3-10)12-4/h4-6,10-11H,2-3H2,1H3/t4-,5-,6-,7+/m0/s1. The SMILES string of the molecule is C[C@@H]1O[C@@](CO)(CCl)[C@@H](O)[C@H]1F. The summed E-state index contributed by atoms with van der Waals surface area (Å²) >= 11 is 5.48. The average molecular weight is 199 g/mol. The van der Waals surface area contributed by atoms with E-state index < -0.39 is 30.6 Å². The Bertz CT molecular complexity index is 163. The molecule has 0 radical (unpaired) electrons. The van der Waals surface area contributed by atoms with Gasteiger partial charge in [0.05, 0.1) is 18.6 Å². The van der Waals surface area contributed by atoms with Crippen molar-refractivity contribution in [2.75, 3.05) is 12.5 Å². The lowest BCUT2D eigenvalue weighted by Crippen LogP contribution is -2.47. The third-order valence-electron chi connectivity index (χ3n) is 2.20. The monoisotopic (exact) mass is 198 g/mol. The van der Waals surface area contributed by atoms with Gasteiger partial charge in [-0.3, -0.25) is 0 Å². The molecule has 72 valence electrons. The maximum absolute atomic E-state index is 13.0. The first-order valence-corrected chi connectivity index (χ1v) is 4.27. The Hall–Kier alpha value is 0.1000. The molecular weight excluding hydrogens is 187 g/mol. The highest BCUT2D eigenvalue weighted by Gasteiger charge is 2.52. The van der Waals surface area contributed by atoms with Gasteiger partial charge in [-0.25, -0.2) is 4.39 Å². The molecule has 1 aliphatic heterocycles. The van der Waals surface area contributed by atoms with E-state index in [0.29, 0.717) is 0 Å². The quantitative estimate of drug-likeness (QED) is 0.618. The summed E-state index contributed by atoms with van der Waals surface area (Å²) in [5, 5.41) is 18.2. The molecule has 1 heterocycles. The van der Waals surface area contributed by atoms with Crippen LogP contribution in [0.25, 0.3) is 0 Å². The van der Waals surface area contributed by atoms with Gasteiger partial charge in [-0.05, 0) is 6.92 Å². The Morgan fingerprint density at radius 1 is 1.67 bits per heavy atom. The van der Waals surface area contributed by atoms with Gasteiger partial charge in [-0.1, -0.05) is 0 Å². The number of hydrogen-bond acceptors (Lipinski definition) is 3. The number of hydrogen-bond donors (Lipinski definition) is 2. The zero-order chi connectivity index (χ0) is 9.35. The second-order valence-corrected chi connectivity index (χ2v) is 3.34. The molecule has 4 atom stereocenters. The molecule has 1 aliphatic rings. The van der Waals surface area contributed by atoms with Crippen LogP contribution in [-0.2, 0) is 4.74 Å². The number of halogens is 2. The highest BCUT2D eigenvalue weighted by molar-refractivity contribution is 6.18. The molecule has 1 rings (SSSR count). The Kier molecular flexibility index (Phi) is 2.93. The molecule has 0 unspecified atom stereocenters. The van der Waals surface area contributed by atoms with Gasteiger partial charge in [0.15, 0.2) is 6.17 Å². The Morgan fingerprint density at radius 3 is 2.42 bits per heavy atom. The van der Waals surface area contributed by atoms with Crippen molar-refractivity contribution in [3.8, 4) is 0 Å². The zero-order valence-corrected chi connectivity index (χ0v) is 7.46. The molecule has 1 fully saturated rings. The summed E-state index contributed by atoms with van der Waals surface area (Å²) in [4.78, 5) is 0. The summed E-state index contributed by atoms with van der Waals surface area (Å²) in [5.41, 5.74) is -1.32. The van der Waals surface area contributed by atoms with E-state index in [1.165, 1.54) is 6.92 Å². The zero-order valence-electron chi connectivity index (χ0n) is 6.70. The predicted octanol–water partition coefficient (Wildman–Crippen LogP) is 0.0740. The fourth-order valence-corrected chi connectivity index (χ4v) is 1.64. The number of rotatable bonds is 2. The molecule has 5 heteroatoms. The largest absolute Gasteiger partial charge is 0.393 e. The second kappa shape index (κ2) is 3.46. The van der Waals surface area contributed by atoms with E-state index in [9.17, 15) is 9.50 Å². The van der Waals surface area contributed by atoms with E-state index in [1.807, 2.05) is 0 Å². The lowest BCUT2D eigenvalue weighted by Gasteiger charge is -2.26. The summed E-state index contributed by atoms with van der Waals surface area (Å²) in [6.07, 6.45) is -3.53. The summed E-state index contributed by atoms with van der Waals surface area (Å²) in [5.74, 6) is -0.116. The third-order valence-corrected chi connectivity index (χ3v) is 2.66. The number of aliphatic hydroxyl groups excluding tert-OH is 2. The van der Waals surface area contributed by atoms with E-state index in [0.717, 1.165) is 0 Å². The molecule has 0 aromatic rings. The second-order valence-electron chi connectivity index (χ2n) is 3.07. The van der Waals surface area contributed by atoms with Crippen LogP contribution >= 0.6 is 11.6 Å². The average Bonchev–Trinajstić information content (AvgIpc) is 2.30. The Labute approximate surface area is 75.1 Å². The summed E-state index contributed by atoms with van der Waals surface area (Å²) in [6, 6.07) is 0. The lowest BCUT2D eigenvalue weighted by molar-refractivity contribution is -0.0922. The van der Waals surface area contributed by atoms with Gasteiger partial charge in [-0.2, -0.15) is 0 Å². The molecule has 2 N–H and O–H groups in total. The summed E-state index contributed by atoms with van der Waals surface area (Å²) < 4.78 is 18.1. The van der Waals surface area contributed by atoms with E-state index >= 15 is 0 Å². The fraction of sp³-hybridized carbons (Fsp3) is 1.00. The molecule has 0 aromatic carbocycles. The normalized spacial score (nSPS) is 48.2. The number of aliphatic hydroxyl groups is 2. The van der Waals surface area contributed by atoms with Crippen LogP contribution in [0.2, 0.25) is 0 Å². The fourth-order valence-electron chi connectivity index (χ4n) is 1.34. The third kappa shape index (κ3) is 1.33. The van der Waals surface area contributed by atoms with Crippen molar-refractivity contribution in [3.63, 3.8) is 0 Å². The van der Waals surface area contributed by atoms with Crippen molar-refractivity contribution in [1.29, 1.82) is 0 Å². The number of alkyl halides is 2. The van der Waals surface area contributed by atoms with Crippen molar-refractivity contribution in [1.82, 2.24) is 0 Å². The highest BCUT2D eigenvalue weighted by atomic mass is 35.5. The van der Waals surface area contributed by atoms with E-state index in [1.54, 1.807) is 0 Å². The van der Waals surface area contributed by atoms with Crippen molar-refractivity contribution in [3.05, 3.63) is 0 Å². The predicted molar refractivity (Wildman–Crippen MR) is 42.0 cm³/mol.